The van der Waals surface area contributed by atoms with Crippen molar-refractivity contribution in [1.29, 1.82) is 0 Å². The molecule has 0 spiro atoms. The summed E-state index contributed by atoms with van der Waals surface area (Å²) in [6.07, 6.45) is 3.83. The van der Waals surface area contributed by atoms with Gasteiger partial charge in [-0.3, -0.25) is 14.5 Å². The van der Waals surface area contributed by atoms with Gasteiger partial charge < -0.3 is 15.2 Å². The number of nitrogens with zero attached hydrogens (tertiary/aromatic N) is 2. The Morgan fingerprint density at radius 2 is 1.96 bits per heavy atom. The summed E-state index contributed by atoms with van der Waals surface area (Å²) < 4.78 is 5.13. The summed E-state index contributed by atoms with van der Waals surface area (Å²) in [5, 5.41) is 9.93. The molecule has 0 bridgehead atoms. The molecule has 2 heterocycles. The van der Waals surface area contributed by atoms with Crippen LogP contribution in [0.15, 0.2) is 4.52 Å². The topological polar surface area (TPSA) is 87.5 Å². The Bertz CT molecular complexity index is 557. The van der Waals surface area contributed by atoms with Crippen molar-refractivity contribution in [2.75, 3.05) is 26.2 Å². The summed E-state index contributed by atoms with van der Waals surface area (Å²) in [4.78, 5) is 26.1. The molecule has 25 heavy (non-hydrogen) atoms. The first kappa shape index (κ1) is 19.4. The predicted molar refractivity (Wildman–Crippen MR) is 95.2 cm³/mol. The first-order chi connectivity index (χ1) is 12.0. The van der Waals surface area contributed by atoms with Gasteiger partial charge in [0.1, 0.15) is 5.76 Å². The van der Waals surface area contributed by atoms with Crippen molar-refractivity contribution in [2.45, 2.75) is 58.9 Å². The van der Waals surface area contributed by atoms with Crippen molar-refractivity contribution in [2.24, 2.45) is 0 Å². The highest BCUT2D eigenvalue weighted by molar-refractivity contribution is 5.78. The van der Waals surface area contributed by atoms with Gasteiger partial charge in [-0.2, -0.15) is 0 Å². The zero-order valence-corrected chi connectivity index (χ0v) is 15.6. The van der Waals surface area contributed by atoms with Crippen LogP contribution in [0.1, 0.15) is 49.6 Å². The number of hydrogen-bond donors (Lipinski definition) is 2. The number of carbonyl (C=O) groups excluding carboxylic acids is 2. The van der Waals surface area contributed by atoms with Gasteiger partial charge in [-0.1, -0.05) is 12.1 Å². The van der Waals surface area contributed by atoms with Crippen molar-refractivity contribution in [1.82, 2.24) is 20.7 Å². The van der Waals surface area contributed by atoms with Gasteiger partial charge >= 0.3 is 0 Å². The van der Waals surface area contributed by atoms with Crippen molar-refractivity contribution >= 4 is 11.8 Å². The molecule has 0 aromatic carbocycles. The standard InChI is InChI=1S/C18H30N4O3/c1-4-9-19-18(24)12-22-10-7-15(8-11-22)20-17(23)6-5-16-13(2)21-25-14(16)3/h15H,4-12H2,1-3H3,(H,19,24)(H,20,23). The molecule has 2 rings (SSSR count). The molecule has 0 saturated carbocycles. The van der Waals surface area contributed by atoms with Crippen LogP contribution in [0.25, 0.3) is 0 Å². The lowest BCUT2D eigenvalue weighted by atomic mass is 10.0. The minimum Gasteiger partial charge on any atom is -0.361 e. The molecular weight excluding hydrogens is 320 g/mol. The minimum absolute atomic E-state index is 0.0686. The third-order valence-electron chi connectivity index (χ3n) is 4.68. The highest BCUT2D eigenvalue weighted by Crippen LogP contribution is 2.15. The van der Waals surface area contributed by atoms with Crippen LogP contribution in [0.5, 0.6) is 0 Å². The molecular formula is C18H30N4O3. The van der Waals surface area contributed by atoms with E-state index in [1.807, 2.05) is 20.8 Å². The summed E-state index contributed by atoms with van der Waals surface area (Å²) in [7, 11) is 0. The van der Waals surface area contributed by atoms with Crippen LogP contribution in [0, 0.1) is 13.8 Å². The Kier molecular flexibility index (Phi) is 7.43. The van der Waals surface area contributed by atoms with Gasteiger partial charge in [0, 0.05) is 37.7 Å². The Morgan fingerprint density at radius 3 is 2.56 bits per heavy atom. The van der Waals surface area contributed by atoms with Gasteiger partial charge in [-0.05, 0) is 39.5 Å². The third-order valence-corrected chi connectivity index (χ3v) is 4.68. The zero-order valence-electron chi connectivity index (χ0n) is 15.6. The fourth-order valence-corrected chi connectivity index (χ4v) is 3.16. The summed E-state index contributed by atoms with van der Waals surface area (Å²) in [5.74, 6) is 0.947. The molecule has 1 aromatic heterocycles. The second-order valence-electron chi connectivity index (χ2n) is 6.77. The Morgan fingerprint density at radius 1 is 1.24 bits per heavy atom. The van der Waals surface area contributed by atoms with E-state index in [9.17, 15) is 9.59 Å². The molecule has 0 aliphatic carbocycles. The number of hydrogen-bond acceptors (Lipinski definition) is 5. The molecule has 2 N–H and O–H groups in total. The van der Waals surface area contributed by atoms with Crippen molar-refractivity contribution in [3.8, 4) is 0 Å². The van der Waals surface area contributed by atoms with E-state index in [4.69, 9.17) is 4.52 Å². The second kappa shape index (κ2) is 9.56. The number of aryl methyl sites for hydroxylation is 2. The normalized spacial score (nSPS) is 16.0. The second-order valence-corrected chi connectivity index (χ2v) is 6.77. The Labute approximate surface area is 149 Å². The average molecular weight is 350 g/mol. The van der Waals surface area contributed by atoms with E-state index >= 15 is 0 Å². The molecule has 1 aromatic rings. The highest BCUT2D eigenvalue weighted by Gasteiger charge is 2.22. The molecule has 7 nitrogen and oxygen atoms in total. The molecule has 140 valence electrons. The van der Waals surface area contributed by atoms with Gasteiger partial charge in [0.25, 0.3) is 0 Å². The van der Waals surface area contributed by atoms with E-state index in [1.54, 1.807) is 0 Å². The van der Waals surface area contributed by atoms with Crippen LogP contribution in [-0.2, 0) is 16.0 Å². The Hall–Kier alpha value is -1.89. The summed E-state index contributed by atoms with van der Waals surface area (Å²) in [6, 6.07) is 0.201. The Balaban J connectivity index is 1.66. The molecule has 1 saturated heterocycles. The van der Waals surface area contributed by atoms with E-state index in [2.05, 4.69) is 20.7 Å². The predicted octanol–water partition coefficient (Wildman–Crippen LogP) is 1.33. The fraction of sp³-hybridized carbons (Fsp3) is 0.722. The average Bonchev–Trinajstić information content (AvgIpc) is 2.91. The molecule has 1 aliphatic rings. The summed E-state index contributed by atoms with van der Waals surface area (Å²) >= 11 is 0. The van der Waals surface area contributed by atoms with Crippen LogP contribution in [0.3, 0.4) is 0 Å². The fourth-order valence-electron chi connectivity index (χ4n) is 3.16. The highest BCUT2D eigenvalue weighted by atomic mass is 16.5. The number of nitrogens with one attached hydrogen (secondary N) is 2. The number of carbonyl (C=O) groups is 2. The number of amides is 2. The maximum Gasteiger partial charge on any atom is 0.234 e. The van der Waals surface area contributed by atoms with E-state index in [-0.39, 0.29) is 17.9 Å². The van der Waals surface area contributed by atoms with Crippen molar-refractivity contribution < 1.29 is 14.1 Å². The van der Waals surface area contributed by atoms with Crippen LogP contribution >= 0.6 is 0 Å². The smallest absolute Gasteiger partial charge is 0.234 e. The van der Waals surface area contributed by atoms with E-state index in [0.29, 0.717) is 19.4 Å². The zero-order chi connectivity index (χ0) is 18.2. The molecule has 0 radical (unpaired) electrons. The molecule has 1 aliphatic heterocycles. The van der Waals surface area contributed by atoms with E-state index in [0.717, 1.165) is 55.9 Å². The maximum absolute atomic E-state index is 12.2. The van der Waals surface area contributed by atoms with E-state index in [1.165, 1.54) is 0 Å². The van der Waals surface area contributed by atoms with Crippen LogP contribution < -0.4 is 10.6 Å². The monoisotopic (exact) mass is 350 g/mol. The van der Waals surface area contributed by atoms with Gasteiger partial charge in [0.15, 0.2) is 0 Å². The molecule has 2 amide bonds. The van der Waals surface area contributed by atoms with Crippen molar-refractivity contribution in [3.05, 3.63) is 17.0 Å². The number of rotatable bonds is 8. The summed E-state index contributed by atoms with van der Waals surface area (Å²) in [6.45, 7) is 8.68. The molecule has 0 atom stereocenters. The third kappa shape index (κ3) is 6.16. The quantitative estimate of drug-likeness (QED) is 0.738. The van der Waals surface area contributed by atoms with Gasteiger partial charge in [-0.15, -0.1) is 0 Å². The number of aromatic nitrogens is 1. The van der Waals surface area contributed by atoms with Gasteiger partial charge in [0.05, 0.1) is 12.2 Å². The SMILES string of the molecule is CCCNC(=O)CN1CCC(NC(=O)CCc2c(C)noc2C)CC1. The maximum atomic E-state index is 12.2. The van der Waals surface area contributed by atoms with Gasteiger partial charge in [0.2, 0.25) is 11.8 Å². The first-order valence-electron chi connectivity index (χ1n) is 9.19. The number of piperidine rings is 1. The lowest BCUT2D eigenvalue weighted by Crippen LogP contribution is -2.47. The lowest BCUT2D eigenvalue weighted by molar-refractivity contribution is -0.124. The molecule has 7 heteroatoms. The summed E-state index contributed by atoms with van der Waals surface area (Å²) in [5.41, 5.74) is 1.89. The minimum atomic E-state index is 0.0686. The largest absolute Gasteiger partial charge is 0.361 e. The number of likely N-dealkylation sites (tertiary alicyclic amines) is 1. The van der Waals surface area contributed by atoms with Gasteiger partial charge in [-0.25, -0.2) is 0 Å². The van der Waals surface area contributed by atoms with Crippen LogP contribution in [-0.4, -0.2) is 54.1 Å². The molecule has 1 fully saturated rings. The van der Waals surface area contributed by atoms with Crippen molar-refractivity contribution in [3.63, 3.8) is 0 Å². The van der Waals surface area contributed by atoms with E-state index < -0.39 is 0 Å². The lowest BCUT2D eigenvalue weighted by Gasteiger charge is -2.31. The first-order valence-corrected chi connectivity index (χ1v) is 9.19. The van der Waals surface area contributed by atoms with Crippen LogP contribution in [0.4, 0.5) is 0 Å². The molecule has 0 unspecified atom stereocenters. The van der Waals surface area contributed by atoms with Crippen LogP contribution in [0.2, 0.25) is 0 Å².